The molecule has 0 spiro atoms. The van der Waals surface area contributed by atoms with E-state index in [1.807, 2.05) is 0 Å². The van der Waals surface area contributed by atoms with Crippen molar-refractivity contribution in [3.05, 3.63) is 0 Å². The average molecular weight is 200 g/mol. The summed E-state index contributed by atoms with van der Waals surface area (Å²) >= 11 is 0. The van der Waals surface area contributed by atoms with Crippen LogP contribution >= 0.6 is 0 Å². The fourth-order valence-corrected chi connectivity index (χ4v) is 2.14. The van der Waals surface area contributed by atoms with Crippen LogP contribution in [0.4, 0.5) is 0 Å². The summed E-state index contributed by atoms with van der Waals surface area (Å²) in [6.07, 6.45) is 9.59. The fraction of sp³-hybridized carbons (Fsp3) is 1.00. The summed E-state index contributed by atoms with van der Waals surface area (Å²) in [5, 5.41) is 9.73. The summed E-state index contributed by atoms with van der Waals surface area (Å²) in [5.41, 5.74) is 0. The topological polar surface area (TPSA) is 29.5 Å². The molecule has 0 saturated carbocycles. The SMILES string of the molecule is CCCCCC[C@H]1CCC[C@](C)(O)O1. The third-order valence-electron chi connectivity index (χ3n) is 2.97. The third-order valence-corrected chi connectivity index (χ3v) is 2.97. The highest BCUT2D eigenvalue weighted by Gasteiger charge is 2.29. The van der Waals surface area contributed by atoms with Crippen LogP contribution in [0.1, 0.15) is 65.2 Å². The van der Waals surface area contributed by atoms with Crippen LogP contribution in [0.15, 0.2) is 0 Å². The van der Waals surface area contributed by atoms with Crippen molar-refractivity contribution in [2.45, 2.75) is 77.1 Å². The molecule has 0 aromatic rings. The van der Waals surface area contributed by atoms with E-state index < -0.39 is 5.79 Å². The Morgan fingerprint density at radius 2 is 2.14 bits per heavy atom. The molecule has 1 heterocycles. The second-order valence-corrected chi connectivity index (χ2v) is 4.66. The molecular weight excluding hydrogens is 176 g/mol. The lowest BCUT2D eigenvalue weighted by Crippen LogP contribution is -2.37. The molecule has 2 heteroatoms. The monoisotopic (exact) mass is 200 g/mol. The first-order valence-corrected chi connectivity index (χ1v) is 6.04. The Hall–Kier alpha value is -0.0800. The molecule has 2 nitrogen and oxygen atoms in total. The van der Waals surface area contributed by atoms with Crippen LogP contribution in [0.25, 0.3) is 0 Å². The molecule has 0 aromatic carbocycles. The van der Waals surface area contributed by atoms with Crippen LogP contribution in [0.3, 0.4) is 0 Å². The first kappa shape index (κ1) is 12.0. The zero-order chi connectivity index (χ0) is 10.4. The number of rotatable bonds is 5. The number of aliphatic hydroxyl groups is 1. The maximum absolute atomic E-state index is 9.73. The zero-order valence-electron chi connectivity index (χ0n) is 9.59. The lowest BCUT2D eigenvalue weighted by atomic mass is 9.98. The van der Waals surface area contributed by atoms with Crippen molar-refractivity contribution in [3.8, 4) is 0 Å². The van der Waals surface area contributed by atoms with Crippen LogP contribution in [0.5, 0.6) is 0 Å². The van der Waals surface area contributed by atoms with E-state index in [1.165, 1.54) is 25.7 Å². The summed E-state index contributed by atoms with van der Waals surface area (Å²) < 4.78 is 5.61. The molecule has 0 aliphatic carbocycles. The molecule has 0 unspecified atom stereocenters. The largest absolute Gasteiger partial charge is 0.366 e. The summed E-state index contributed by atoms with van der Waals surface area (Å²) in [7, 11) is 0. The predicted octanol–water partition coefficient (Wildman–Crippen LogP) is 3.23. The molecule has 0 radical (unpaired) electrons. The average Bonchev–Trinajstić information content (AvgIpc) is 2.11. The minimum atomic E-state index is -0.853. The molecule has 0 bridgehead atoms. The molecule has 1 N–H and O–H groups in total. The number of ether oxygens (including phenoxy) is 1. The van der Waals surface area contributed by atoms with Gasteiger partial charge in [-0.3, -0.25) is 0 Å². The maximum atomic E-state index is 9.73. The van der Waals surface area contributed by atoms with Gasteiger partial charge in [-0.2, -0.15) is 0 Å². The van der Waals surface area contributed by atoms with Gasteiger partial charge in [-0.15, -0.1) is 0 Å². The Labute approximate surface area is 87.7 Å². The van der Waals surface area contributed by atoms with Gasteiger partial charge in [0, 0.05) is 6.42 Å². The number of hydrogen-bond acceptors (Lipinski definition) is 2. The van der Waals surface area contributed by atoms with Gasteiger partial charge in [0.2, 0.25) is 0 Å². The molecule has 1 aliphatic rings. The van der Waals surface area contributed by atoms with Gasteiger partial charge >= 0.3 is 0 Å². The lowest BCUT2D eigenvalue weighted by Gasteiger charge is -2.34. The molecular formula is C12H24O2. The van der Waals surface area contributed by atoms with Gasteiger partial charge in [-0.1, -0.05) is 32.6 Å². The van der Waals surface area contributed by atoms with Gasteiger partial charge in [-0.05, 0) is 26.2 Å². The van der Waals surface area contributed by atoms with E-state index in [-0.39, 0.29) is 0 Å². The van der Waals surface area contributed by atoms with Gasteiger partial charge in [-0.25, -0.2) is 0 Å². The van der Waals surface area contributed by atoms with Crippen molar-refractivity contribution in [2.75, 3.05) is 0 Å². The van der Waals surface area contributed by atoms with E-state index in [0.717, 1.165) is 25.7 Å². The van der Waals surface area contributed by atoms with E-state index in [0.29, 0.717) is 6.10 Å². The molecule has 1 saturated heterocycles. The highest BCUT2D eigenvalue weighted by atomic mass is 16.6. The van der Waals surface area contributed by atoms with E-state index in [2.05, 4.69) is 6.92 Å². The smallest absolute Gasteiger partial charge is 0.162 e. The predicted molar refractivity (Wildman–Crippen MR) is 58.1 cm³/mol. The summed E-state index contributed by atoms with van der Waals surface area (Å²) in [6, 6.07) is 0. The fourth-order valence-electron chi connectivity index (χ4n) is 2.14. The minimum absolute atomic E-state index is 0.301. The van der Waals surface area contributed by atoms with Gasteiger partial charge in [0.1, 0.15) is 0 Å². The lowest BCUT2D eigenvalue weighted by molar-refractivity contribution is -0.242. The number of hydrogen-bond donors (Lipinski definition) is 1. The first-order valence-electron chi connectivity index (χ1n) is 6.04. The highest BCUT2D eigenvalue weighted by Crippen LogP contribution is 2.28. The second-order valence-electron chi connectivity index (χ2n) is 4.66. The Morgan fingerprint density at radius 1 is 1.36 bits per heavy atom. The molecule has 2 atom stereocenters. The molecule has 1 fully saturated rings. The third kappa shape index (κ3) is 4.43. The Balaban J connectivity index is 2.12. The van der Waals surface area contributed by atoms with Crippen molar-refractivity contribution < 1.29 is 9.84 Å². The molecule has 14 heavy (non-hydrogen) atoms. The molecule has 0 amide bonds. The molecule has 1 rings (SSSR count). The van der Waals surface area contributed by atoms with Crippen molar-refractivity contribution in [1.29, 1.82) is 0 Å². The van der Waals surface area contributed by atoms with Crippen LogP contribution in [-0.2, 0) is 4.74 Å². The van der Waals surface area contributed by atoms with Crippen LogP contribution < -0.4 is 0 Å². The van der Waals surface area contributed by atoms with Crippen LogP contribution in [-0.4, -0.2) is 17.0 Å². The van der Waals surface area contributed by atoms with E-state index in [4.69, 9.17) is 4.74 Å². The number of unbranched alkanes of at least 4 members (excludes halogenated alkanes) is 3. The van der Waals surface area contributed by atoms with Crippen LogP contribution in [0, 0.1) is 0 Å². The quantitative estimate of drug-likeness (QED) is 0.690. The van der Waals surface area contributed by atoms with Crippen molar-refractivity contribution in [3.63, 3.8) is 0 Å². The van der Waals surface area contributed by atoms with Gasteiger partial charge in [0.25, 0.3) is 0 Å². The second kappa shape index (κ2) is 5.72. The van der Waals surface area contributed by atoms with E-state index in [9.17, 15) is 5.11 Å². The Bertz CT molecular complexity index is 154. The Kier molecular flexibility index (Phi) is 4.90. The normalized spacial score (nSPS) is 33.2. The van der Waals surface area contributed by atoms with Gasteiger partial charge in [0.05, 0.1) is 6.10 Å². The summed E-state index contributed by atoms with van der Waals surface area (Å²) in [6.45, 7) is 4.01. The molecule has 84 valence electrons. The molecule has 0 aromatic heterocycles. The standard InChI is InChI=1S/C12H24O2/c1-3-4-5-6-8-11-9-7-10-12(2,13)14-11/h11,13H,3-10H2,1-2H3/t11-,12+/m0/s1. The van der Waals surface area contributed by atoms with Crippen molar-refractivity contribution >= 4 is 0 Å². The van der Waals surface area contributed by atoms with Crippen molar-refractivity contribution in [1.82, 2.24) is 0 Å². The van der Waals surface area contributed by atoms with Crippen molar-refractivity contribution in [2.24, 2.45) is 0 Å². The maximum Gasteiger partial charge on any atom is 0.162 e. The van der Waals surface area contributed by atoms with E-state index >= 15 is 0 Å². The Morgan fingerprint density at radius 3 is 2.79 bits per heavy atom. The first-order chi connectivity index (χ1) is 6.64. The molecule has 1 aliphatic heterocycles. The zero-order valence-corrected chi connectivity index (χ0v) is 9.59. The minimum Gasteiger partial charge on any atom is -0.366 e. The van der Waals surface area contributed by atoms with Gasteiger partial charge in [0.15, 0.2) is 5.79 Å². The highest BCUT2D eigenvalue weighted by molar-refractivity contribution is 4.72. The van der Waals surface area contributed by atoms with E-state index in [1.54, 1.807) is 6.92 Å². The summed E-state index contributed by atoms with van der Waals surface area (Å²) in [5.74, 6) is -0.853. The van der Waals surface area contributed by atoms with Crippen LogP contribution in [0.2, 0.25) is 0 Å². The van der Waals surface area contributed by atoms with Gasteiger partial charge < -0.3 is 9.84 Å². The summed E-state index contributed by atoms with van der Waals surface area (Å²) in [4.78, 5) is 0.